The normalized spacial score (nSPS) is 12.6. The first kappa shape index (κ1) is 13.0. The van der Waals surface area contributed by atoms with Crippen LogP contribution in [0.5, 0.6) is 0 Å². The van der Waals surface area contributed by atoms with Crippen LogP contribution in [0.15, 0.2) is 18.2 Å². The summed E-state index contributed by atoms with van der Waals surface area (Å²) >= 11 is 1.54. The Morgan fingerprint density at radius 1 is 1.44 bits per heavy atom. The first-order valence-electron chi connectivity index (χ1n) is 6.34. The number of hydrogen-bond donors (Lipinski definition) is 1. The molecule has 0 saturated carbocycles. The fourth-order valence-corrected chi connectivity index (χ4v) is 2.67. The molecule has 0 fully saturated rings. The van der Waals surface area contributed by atoms with Crippen LogP contribution in [0.2, 0.25) is 0 Å². The molecule has 4 heteroatoms. The highest BCUT2D eigenvalue weighted by molar-refractivity contribution is 7.22. The Kier molecular flexibility index (Phi) is 3.97. The molecule has 2 aromatic rings. The van der Waals surface area contributed by atoms with Crippen LogP contribution in [0.4, 0.5) is 5.13 Å². The number of rotatable bonds is 4. The summed E-state index contributed by atoms with van der Waals surface area (Å²) in [5.74, 6) is 0.571. The summed E-state index contributed by atoms with van der Waals surface area (Å²) < 4.78 is 1.14. The van der Waals surface area contributed by atoms with Gasteiger partial charge in [0.15, 0.2) is 5.13 Å². The van der Waals surface area contributed by atoms with E-state index in [4.69, 9.17) is 0 Å². The first-order chi connectivity index (χ1) is 8.63. The van der Waals surface area contributed by atoms with Crippen LogP contribution >= 0.6 is 11.3 Å². The van der Waals surface area contributed by atoms with Crippen molar-refractivity contribution in [2.75, 3.05) is 5.32 Å². The molecule has 2 rings (SSSR count). The Morgan fingerprint density at radius 2 is 2.22 bits per heavy atom. The van der Waals surface area contributed by atoms with E-state index in [-0.39, 0.29) is 5.91 Å². The standard InChI is InChI=1S/C14H18N2OS/c1-4-9(3)10-6-7-11-12(8-10)18-14(15-11)16-13(17)5-2/h6-9H,4-5H2,1-3H3,(H,15,16,17). The first-order valence-corrected chi connectivity index (χ1v) is 7.16. The Morgan fingerprint density at radius 3 is 2.89 bits per heavy atom. The number of hydrogen-bond acceptors (Lipinski definition) is 3. The molecule has 3 nitrogen and oxygen atoms in total. The Labute approximate surface area is 111 Å². The minimum absolute atomic E-state index is 0.0104. The highest BCUT2D eigenvalue weighted by Gasteiger charge is 2.09. The van der Waals surface area contributed by atoms with E-state index in [0.29, 0.717) is 17.5 Å². The van der Waals surface area contributed by atoms with Gasteiger partial charge in [-0.05, 0) is 30.0 Å². The number of nitrogens with one attached hydrogen (secondary N) is 1. The van der Waals surface area contributed by atoms with Crippen LogP contribution in [0.25, 0.3) is 10.2 Å². The molecule has 0 aliphatic heterocycles. The molecule has 0 spiro atoms. The summed E-state index contributed by atoms with van der Waals surface area (Å²) in [4.78, 5) is 15.7. The molecule has 1 amide bonds. The SMILES string of the molecule is CCC(=O)Nc1nc2ccc(C(C)CC)cc2s1. The van der Waals surface area contributed by atoms with Crippen LogP contribution < -0.4 is 5.32 Å². The number of carbonyl (C=O) groups excluding carboxylic acids is 1. The maximum Gasteiger partial charge on any atom is 0.225 e. The Bertz CT molecular complexity index is 562. The monoisotopic (exact) mass is 262 g/mol. The van der Waals surface area contributed by atoms with E-state index >= 15 is 0 Å². The molecule has 1 aromatic heterocycles. The highest BCUT2D eigenvalue weighted by Crippen LogP contribution is 2.29. The van der Waals surface area contributed by atoms with E-state index in [1.807, 2.05) is 13.0 Å². The third-order valence-corrected chi connectivity index (χ3v) is 4.09. The molecule has 0 radical (unpaired) electrons. The van der Waals surface area contributed by atoms with Crippen molar-refractivity contribution in [3.05, 3.63) is 23.8 Å². The second kappa shape index (κ2) is 5.48. The molecule has 0 saturated heterocycles. The zero-order chi connectivity index (χ0) is 13.1. The third-order valence-electron chi connectivity index (χ3n) is 3.16. The lowest BCUT2D eigenvalue weighted by atomic mass is 9.99. The lowest BCUT2D eigenvalue weighted by molar-refractivity contribution is -0.115. The molecule has 96 valence electrons. The fraction of sp³-hybridized carbons (Fsp3) is 0.429. The third kappa shape index (κ3) is 2.70. The summed E-state index contributed by atoms with van der Waals surface area (Å²) in [6, 6.07) is 6.35. The van der Waals surface area contributed by atoms with Gasteiger partial charge < -0.3 is 5.32 Å². The minimum atomic E-state index is 0.0104. The van der Waals surface area contributed by atoms with Crippen molar-refractivity contribution in [2.45, 2.75) is 39.5 Å². The van der Waals surface area contributed by atoms with Crippen LogP contribution in [-0.4, -0.2) is 10.9 Å². The molecule has 0 aliphatic carbocycles. The fourth-order valence-electron chi connectivity index (χ4n) is 1.74. The van der Waals surface area contributed by atoms with Gasteiger partial charge in [-0.3, -0.25) is 4.79 Å². The van der Waals surface area contributed by atoms with Gasteiger partial charge in [-0.1, -0.05) is 38.2 Å². The van der Waals surface area contributed by atoms with Crippen molar-refractivity contribution in [3.8, 4) is 0 Å². The average Bonchev–Trinajstić information content (AvgIpc) is 2.78. The minimum Gasteiger partial charge on any atom is -0.302 e. The van der Waals surface area contributed by atoms with Crippen molar-refractivity contribution in [1.29, 1.82) is 0 Å². The number of nitrogens with zero attached hydrogens (tertiary/aromatic N) is 1. The van der Waals surface area contributed by atoms with E-state index in [0.717, 1.165) is 16.6 Å². The molecule has 0 bridgehead atoms. The lowest BCUT2D eigenvalue weighted by Crippen LogP contribution is -2.08. The molecular weight excluding hydrogens is 244 g/mol. The van der Waals surface area contributed by atoms with Gasteiger partial charge in [-0.2, -0.15) is 0 Å². The zero-order valence-electron chi connectivity index (χ0n) is 11.0. The van der Waals surface area contributed by atoms with Crippen LogP contribution in [0.1, 0.15) is 45.1 Å². The van der Waals surface area contributed by atoms with Gasteiger partial charge in [0, 0.05) is 6.42 Å². The van der Waals surface area contributed by atoms with Gasteiger partial charge in [0.05, 0.1) is 10.2 Å². The lowest BCUT2D eigenvalue weighted by Gasteiger charge is -2.07. The smallest absolute Gasteiger partial charge is 0.225 e. The molecule has 0 aliphatic rings. The molecule has 1 aromatic carbocycles. The van der Waals surface area contributed by atoms with Gasteiger partial charge >= 0.3 is 0 Å². The average molecular weight is 262 g/mol. The molecule has 1 atom stereocenters. The number of thiazole rings is 1. The number of aromatic nitrogens is 1. The Balaban J connectivity index is 2.30. The van der Waals surface area contributed by atoms with Crippen LogP contribution in [0, 0.1) is 0 Å². The number of benzene rings is 1. The van der Waals surface area contributed by atoms with Crippen molar-refractivity contribution in [2.24, 2.45) is 0 Å². The zero-order valence-corrected chi connectivity index (χ0v) is 11.8. The van der Waals surface area contributed by atoms with Crippen molar-refractivity contribution in [1.82, 2.24) is 4.98 Å². The van der Waals surface area contributed by atoms with Crippen molar-refractivity contribution < 1.29 is 4.79 Å². The summed E-state index contributed by atoms with van der Waals surface area (Å²) in [5.41, 5.74) is 2.29. The number of carbonyl (C=O) groups is 1. The van der Waals surface area contributed by atoms with Crippen LogP contribution in [-0.2, 0) is 4.79 Å². The highest BCUT2D eigenvalue weighted by atomic mass is 32.1. The number of fused-ring (bicyclic) bond motifs is 1. The van der Waals surface area contributed by atoms with E-state index in [2.05, 4.69) is 36.3 Å². The summed E-state index contributed by atoms with van der Waals surface area (Å²) in [5, 5.41) is 3.50. The molecule has 1 heterocycles. The van der Waals surface area contributed by atoms with Crippen molar-refractivity contribution >= 4 is 32.6 Å². The second-order valence-electron chi connectivity index (χ2n) is 4.46. The van der Waals surface area contributed by atoms with Crippen molar-refractivity contribution in [3.63, 3.8) is 0 Å². The Hall–Kier alpha value is -1.42. The van der Waals surface area contributed by atoms with Gasteiger partial charge in [0.1, 0.15) is 0 Å². The maximum atomic E-state index is 11.3. The number of anilines is 1. The summed E-state index contributed by atoms with van der Waals surface area (Å²) in [6.45, 7) is 6.25. The van der Waals surface area contributed by atoms with Crippen LogP contribution in [0.3, 0.4) is 0 Å². The number of amides is 1. The second-order valence-corrected chi connectivity index (χ2v) is 5.49. The quantitative estimate of drug-likeness (QED) is 0.899. The largest absolute Gasteiger partial charge is 0.302 e. The van der Waals surface area contributed by atoms with Gasteiger partial charge in [0.2, 0.25) is 5.91 Å². The summed E-state index contributed by atoms with van der Waals surface area (Å²) in [7, 11) is 0. The van der Waals surface area contributed by atoms with Gasteiger partial charge in [-0.25, -0.2) is 4.98 Å². The predicted molar refractivity (Wildman–Crippen MR) is 77.2 cm³/mol. The maximum absolute atomic E-state index is 11.3. The van der Waals surface area contributed by atoms with E-state index in [1.54, 1.807) is 0 Å². The van der Waals surface area contributed by atoms with E-state index < -0.39 is 0 Å². The summed E-state index contributed by atoms with van der Waals surface area (Å²) in [6.07, 6.45) is 1.61. The molecular formula is C14H18N2OS. The van der Waals surface area contributed by atoms with Gasteiger partial charge in [-0.15, -0.1) is 0 Å². The molecule has 1 unspecified atom stereocenters. The molecule has 1 N–H and O–H groups in total. The van der Waals surface area contributed by atoms with E-state index in [9.17, 15) is 4.79 Å². The van der Waals surface area contributed by atoms with E-state index in [1.165, 1.54) is 16.9 Å². The van der Waals surface area contributed by atoms with Gasteiger partial charge in [0.25, 0.3) is 0 Å². The molecule has 18 heavy (non-hydrogen) atoms. The predicted octanol–water partition coefficient (Wildman–Crippen LogP) is 4.16. The topological polar surface area (TPSA) is 42.0 Å².